The largest absolute Gasteiger partial charge is 0.289 e. The number of rotatable bonds is 3. The number of thioether (sulfide) groups is 1. The first kappa shape index (κ1) is 14.8. The van der Waals surface area contributed by atoms with Crippen LogP contribution in [0.25, 0.3) is 0 Å². The molecule has 1 aliphatic heterocycles. The van der Waals surface area contributed by atoms with E-state index in [2.05, 4.69) is 52.1 Å². The fraction of sp³-hybridized carbons (Fsp3) is 0.375. The zero-order valence-corrected chi connectivity index (χ0v) is 13.5. The Kier molecular flexibility index (Phi) is 4.78. The van der Waals surface area contributed by atoms with Crippen molar-refractivity contribution in [3.05, 3.63) is 59.1 Å². The van der Waals surface area contributed by atoms with Gasteiger partial charge in [-0.25, -0.2) is 4.98 Å². The number of benzene rings is 1. The Morgan fingerprint density at radius 2 is 2.05 bits per heavy atom. The molecule has 5 heteroatoms. The molecule has 110 valence electrons. The van der Waals surface area contributed by atoms with E-state index >= 15 is 0 Å². The van der Waals surface area contributed by atoms with Gasteiger partial charge in [0.05, 0.1) is 18.1 Å². The third-order valence-electron chi connectivity index (χ3n) is 3.78. The third-order valence-corrected chi connectivity index (χ3v) is 5.17. The first-order valence-corrected chi connectivity index (χ1v) is 8.54. The Bertz CT molecular complexity index is 576. The first-order chi connectivity index (χ1) is 10.2. The van der Waals surface area contributed by atoms with E-state index in [0.29, 0.717) is 16.4 Å². The van der Waals surface area contributed by atoms with Gasteiger partial charge in [0.15, 0.2) is 0 Å². The number of aromatic nitrogens is 2. The monoisotopic (exact) mass is 319 g/mol. The van der Waals surface area contributed by atoms with Gasteiger partial charge in [-0.2, -0.15) is 11.8 Å². The van der Waals surface area contributed by atoms with Crippen LogP contribution in [-0.2, 0) is 6.54 Å². The molecule has 2 heterocycles. The number of hydrogen-bond acceptors (Lipinski definition) is 4. The van der Waals surface area contributed by atoms with E-state index in [4.69, 9.17) is 11.6 Å². The minimum atomic E-state index is 0.419. The second kappa shape index (κ2) is 6.77. The van der Waals surface area contributed by atoms with Crippen LogP contribution in [0, 0.1) is 0 Å². The standard InChI is InChI=1S/C16H18ClN3S/c1-12-16(13-5-3-2-4-6-13)20(7-8-21-12)11-14-9-19-15(17)10-18-14/h2-6,9-10,12,16H,7-8,11H2,1H3/t12-,16+/m1/s1. The molecule has 3 rings (SSSR count). The maximum absolute atomic E-state index is 5.81. The van der Waals surface area contributed by atoms with Crippen LogP contribution in [0.2, 0.25) is 5.15 Å². The van der Waals surface area contributed by atoms with E-state index in [1.807, 2.05) is 11.8 Å². The Hall–Kier alpha value is -1.10. The minimum Gasteiger partial charge on any atom is -0.289 e. The number of halogens is 1. The zero-order chi connectivity index (χ0) is 14.7. The second-order valence-electron chi connectivity index (χ2n) is 5.23. The van der Waals surface area contributed by atoms with Crippen LogP contribution in [0.4, 0.5) is 0 Å². The molecule has 1 aliphatic rings. The predicted octanol–water partition coefficient (Wildman–Crippen LogP) is 3.81. The molecule has 0 saturated carbocycles. The Morgan fingerprint density at radius 3 is 2.76 bits per heavy atom. The van der Waals surface area contributed by atoms with Gasteiger partial charge in [-0.1, -0.05) is 48.9 Å². The van der Waals surface area contributed by atoms with Gasteiger partial charge >= 0.3 is 0 Å². The maximum atomic E-state index is 5.81. The summed E-state index contributed by atoms with van der Waals surface area (Å²) in [4.78, 5) is 11.0. The molecule has 0 spiro atoms. The molecule has 1 aromatic carbocycles. The predicted molar refractivity (Wildman–Crippen MR) is 88.6 cm³/mol. The SMILES string of the molecule is C[C@H]1SCCN(Cc2cnc(Cl)cn2)[C@@H]1c1ccccc1. The van der Waals surface area contributed by atoms with Gasteiger partial charge in [-0.15, -0.1) is 0 Å². The molecular weight excluding hydrogens is 302 g/mol. The fourth-order valence-corrected chi connectivity index (χ4v) is 4.14. The van der Waals surface area contributed by atoms with Crippen LogP contribution in [0.3, 0.4) is 0 Å². The van der Waals surface area contributed by atoms with E-state index in [0.717, 1.165) is 24.5 Å². The first-order valence-electron chi connectivity index (χ1n) is 7.11. The van der Waals surface area contributed by atoms with Gasteiger partial charge in [-0.3, -0.25) is 9.88 Å². The molecule has 0 unspecified atom stereocenters. The summed E-state index contributed by atoms with van der Waals surface area (Å²) >= 11 is 7.85. The highest BCUT2D eigenvalue weighted by atomic mass is 35.5. The van der Waals surface area contributed by atoms with E-state index in [9.17, 15) is 0 Å². The van der Waals surface area contributed by atoms with Crippen molar-refractivity contribution in [2.75, 3.05) is 12.3 Å². The average Bonchev–Trinajstić information content (AvgIpc) is 2.51. The van der Waals surface area contributed by atoms with Crippen LogP contribution < -0.4 is 0 Å². The Balaban J connectivity index is 1.82. The fourth-order valence-electron chi connectivity index (χ4n) is 2.82. The lowest BCUT2D eigenvalue weighted by Crippen LogP contribution is -2.39. The molecular formula is C16H18ClN3S. The minimum absolute atomic E-state index is 0.419. The molecule has 1 aromatic heterocycles. The van der Waals surface area contributed by atoms with Crippen LogP contribution in [0.5, 0.6) is 0 Å². The van der Waals surface area contributed by atoms with Crippen molar-refractivity contribution in [1.29, 1.82) is 0 Å². The van der Waals surface area contributed by atoms with Crippen molar-refractivity contribution in [1.82, 2.24) is 14.9 Å². The van der Waals surface area contributed by atoms with Gasteiger partial charge in [0.2, 0.25) is 0 Å². The van der Waals surface area contributed by atoms with Gasteiger partial charge in [0, 0.05) is 30.1 Å². The molecule has 1 saturated heterocycles. The highest BCUT2D eigenvalue weighted by molar-refractivity contribution is 8.00. The quantitative estimate of drug-likeness (QED) is 0.860. The van der Waals surface area contributed by atoms with E-state index in [1.54, 1.807) is 12.4 Å². The van der Waals surface area contributed by atoms with Gasteiger partial charge in [0.25, 0.3) is 0 Å². The highest BCUT2D eigenvalue weighted by Gasteiger charge is 2.30. The Labute approximate surface area is 134 Å². The van der Waals surface area contributed by atoms with Gasteiger partial charge in [0.1, 0.15) is 5.15 Å². The van der Waals surface area contributed by atoms with Crippen molar-refractivity contribution in [3.63, 3.8) is 0 Å². The molecule has 1 fully saturated rings. The summed E-state index contributed by atoms with van der Waals surface area (Å²) in [5, 5.41) is 1.02. The number of nitrogens with zero attached hydrogens (tertiary/aromatic N) is 3. The Morgan fingerprint density at radius 1 is 1.24 bits per heavy atom. The molecule has 0 amide bonds. The van der Waals surface area contributed by atoms with Crippen molar-refractivity contribution in [3.8, 4) is 0 Å². The third kappa shape index (κ3) is 3.57. The van der Waals surface area contributed by atoms with Crippen molar-refractivity contribution < 1.29 is 0 Å². The van der Waals surface area contributed by atoms with Crippen LogP contribution in [-0.4, -0.2) is 32.4 Å². The molecule has 3 nitrogen and oxygen atoms in total. The average molecular weight is 320 g/mol. The smallest absolute Gasteiger partial charge is 0.147 e. The summed E-state index contributed by atoms with van der Waals surface area (Å²) in [7, 11) is 0. The lowest BCUT2D eigenvalue weighted by molar-refractivity contribution is 0.189. The van der Waals surface area contributed by atoms with Crippen molar-refractivity contribution in [2.45, 2.75) is 24.8 Å². The summed E-state index contributed by atoms with van der Waals surface area (Å²) in [6.07, 6.45) is 3.40. The van der Waals surface area contributed by atoms with Crippen LogP contribution in [0.15, 0.2) is 42.7 Å². The summed E-state index contributed by atoms with van der Waals surface area (Å²) in [5.74, 6) is 1.16. The van der Waals surface area contributed by atoms with Gasteiger partial charge < -0.3 is 0 Å². The normalized spacial score (nSPS) is 23.1. The molecule has 0 N–H and O–H groups in total. The molecule has 0 bridgehead atoms. The molecule has 0 aliphatic carbocycles. The maximum Gasteiger partial charge on any atom is 0.147 e. The van der Waals surface area contributed by atoms with Crippen LogP contribution >= 0.6 is 23.4 Å². The van der Waals surface area contributed by atoms with E-state index < -0.39 is 0 Å². The molecule has 0 radical (unpaired) electrons. The molecule has 2 atom stereocenters. The van der Waals surface area contributed by atoms with Gasteiger partial charge in [-0.05, 0) is 5.56 Å². The summed E-state index contributed by atoms with van der Waals surface area (Å²) < 4.78 is 0. The van der Waals surface area contributed by atoms with E-state index in [-0.39, 0.29) is 0 Å². The summed E-state index contributed by atoms with van der Waals surface area (Å²) in [6.45, 7) is 4.19. The number of hydrogen-bond donors (Lipinski definition) is 0. The van der Waals surface area contributed by atoms with E-state index in [1.165, 1.54) is 5.56 Å². The second-order valence-corrected chi connectivity index (χ2v) is 7.10. The van der Waals surface area contributed by atoms with Crippen molar-refractivity contribution >= 4 is 23.4 Å². The molecule has 2 aromatic rings. The summed E-state index contributed by atoms with van der Waals surface area (Å²) in [6, 6.07) is 11.1. The zero-order valence-electron chi connectivity index (χ0n) is 11.9. The molecule has 21 heavy (non-hydrogen) atoms. The lowest BCUT2D eigenvalue weighted by Gasteiger charge is -2.39. The lowest BCUT2D eigenvalue weighted by atomic mass is 10.0. The highest BCUT2D eigenvalue weighted by Crippen LogP contribution is 2.36. The topological polar surface area (TPSA) is 29.0 Å². The van der Waals surface area contributed by atoms with Crippen LogP contribution in [0.1, 0.15) is 24.2 Å². The summed E-state index contributed by atoms with van der Waals surface area (Å²) in [5.41, 5.74) is 2.35. The van der Waals surface area contributed by atoms with Crippen molar-refractivity contribution in [2.24, 2.45) is 0 Å².